The van der Waals surface area contributed by atoms with Crippen molar-refractivity contribution < 1.29 is 9.59 Å². The van der Waals surface area contributed by atoms with Crippen LogP contribution in [-0.4, -0.2) is 18.4 Å². The number of hydrogen-bond acceptors (Lipinski definition) is 2. The van der Waals surface area contributed by atoms with Gasteiger partial charge in [0.2, 0.25) is 11.8 Å². The molecular formula is C14H19ClN2O2. The maximum atomic E-state index is 11.7. The lowest BCUT2D eigenvalue weighted by atomic mass is 9.96. The van der Waals surface area contributed by atoms with Gasteiger partial charge >= 0.3 is 0 Å². The number of anilines is 1. The van der Waals surface area contributed by atoms with Crippen LogP contribution in [0.25, 0.3) is 0 Å². The highest BCUT2D eigenvalue weighted by molar-refractivity contribution is 6.31. The van der Waals surface area contributed by atoms with Crippen LogP contribution in [0, 0.1) is 12.3 Å². The zero-order chi connectivity index (χ0) is 14.6. The van der Waals surface area contributed by atoms with Crippen LogP contribution in [0.1, 0.15) is 26.3 Å². The third kappa shape index (κ3) is 4.91. The third-order valence-electron chi connectivity index (χ3n) is 2.56. The summed E-state index contributed by atoms with van der Waals surface area (Å²) < 4.78 is 0. The van der Waals surface area contributed by atoms with Crippen molar-refractivity contribution in [3.8, 4) is 0 Å². The van der Waals surface area contributed by atoms with Crippen molar-refractivity contribution in [1.29, 1.82) is 0 Å². The molecule has 0 fully saturated rings. The molecule has 2 amide bonds. The number of amides is 2. The first-order chi connectivity index (χ1) is 8.70. The Bertz CT molecular complexity index is 493. The highest BCUT2D eigenvalue weighted by Crippen LogP contribution is 2.20. The molecule has 0 bridgehead atoms. The number of benzene rings is 1. The molecule has 4 nitrogen and oxygen atoms in total. The highest BCUT2D eigenvalue weighted by atomic mass is 35.5. The Morgan fingerprint density at radius 2 is 1.89 bits per heavy atom. The van der Waals surface area contributed by atoms with Crippen LogP contribution in [0.15, 0.2) is 18.2 Å². The van der Waals surface area contributed by atoms with Crippen molar-refractivity contribution in [1.82, 2.24) is 5.32 Å². The predicted molar refractivity (Wildman–Crippen MR) is 77.3 cm³/mol. The van der Waals surface area contributed by atoms with E-state index in [9.17, 15) is 9.59 Å². The van der Waals surface area contributed by atoms with Gasteiger partial charge < -0.3 is 10.6 Å². The van der Waals surface area contributed by atoms with Gasteiger partial charge in [0, 0.05) is 16.1 Å². The molecule has 0 heterocycles. The van der Waals surface area contributed by atoms with Crippen molar-refractivity contribution in [2.45, 2.75) is 27.7 Å². The van der Waals surface area contributed by atoms with Crippen LogP contribution in [-0.2, 0) is 9.59 Å². The molecule has 1 rings (SSSR count). The number of hydrogen-bond donors (Lipinski definition) is 2. The van der Waals surface area contributed by atoms with E-state index >= 15 is 0 Å². The van der Waals surface area contributed by atoms with Crippen molar-refractivity contribution in [3.05, 3.63) is 28.8 Å². The van der Waals surface area contributed by atoms with E-state index in [0.29, 0.717) is 10.7 Å². The van der Waals surface area contributed by atoms with Gasteiger partial charge in [0.1, 0.15) is 0 Å². The molecule has 0 radical (unpaired) electrons. The van der Waals surface area contributed by atoms with E-state index in [2.05, 4.69) is 10.6 Å². The van der Waals surface area contributed by atoms with E-state index in [0.717, 1.165) is 5.56 Å². The summed E-state index contributed by atoms with van der Waals surface area (Å²) in [5.41, 5.74) is 1.06. The Labute approximate surface area is 118 Å². The van der Waals surface area contributed by atoms with E-state index in [4.69, 9.17) is 11.6 Å². The molecule has 2 N–H and O–H groups in total. The van der Waals surface area contributed by atoms with Crippen molar-refractivity contribution in [2.24, 2.45) is 5.41 Å². The first kappa shape index (κ1) is 15.5. The number of carbonyl (C=O) groups is 2. The van der Waals surface area contributed by atoms with E-state index in [1.54, 1.807) is 32.9 Å². The minimum atomic E-state index is -0.508. The molecule has 0 atom stereocenters. The second kappa shape index (κ2) is 6.06. The minimum absolute atomic E-state index is 0.0535. The van der Waals surface area contributed by atoms with Gasteiger partial charge in [-0.3, -0.25) is 9.59 Å². The number of carbonyl (C=O) groups excluding carboxylic acids is 2. The number of halogens is 1. The van der Waals surface area contributed by atoms with Gasteiger partial charge in [-0.15, -0.1) is 0 Å². The fourth-order valence-corrected chi connectivity index (χ4v) is 1.52. The van der Waals surface area contributed by atoms with Crippen LogP contribution in [0.3, 0.4) is 0 Å². The average Bonchev–Trinajstić information content (AvgIpc) is 2.29. The molecule has 0 saturated carbocycles. The van der Waals surface area contributed by atoms with Crippen LogP contribution in [0.2, 0.25) is 5.02 Å². The van der Waals surface area contributed by atoms with Gasteiger partial charge in [0.15, 0.2) is 0 Å². The second-order valence-corrected chi connectivity index (χ2v) is 5.88. The first-order valence-electron chi connectivity index (χ1n) is 6.04. The van der Waals surface area contributed by atoms with Crippen molar-refractivity contribution >= 4 is 29.1 Å². The summed E-state index contributed by atoms with van der Waals surface area (Å²) in [6.07, 6.45) is 0. The van der Waals surface area contributed by atoms with Gasteiger partial charge in [-0.2, -0.15) is 0 Å². The minimum Gasteiger partial charge on any atom is -0.347 e. The van der Waals surface area contributed by atoms with E-state index in [1.165, 1.54) is 0 Å². The third-order valence-corrected chi connectivity index (χ3v) is 2.80. The predicted octanol–water partition coefficient (Wildman–Crippen LogP) is 2.75. The Hall–Kier alpha value is -1.55. The number of aryl methyl sites for hydroxylation is 1. The Morgan fingerprint density at radius 1 is 1.26 bits per heavy atom. The van der Waals surface area contributed by atoms with Crippen molar-refractivity contribution in [2.75, 3.05) is 11.9 Å². The molecular weight excluding hydrogens is 264 g/mol. The van der Waals surface area contributed by atoms with Crippen LogP contribution >= 0.6 is 11.6 Å². The zero-order valence-electron chi connectivity index (χ0n) is 11.6. The lowest BCUT2D eigenvalue weighted by Crippen LogP contribution is -2.39. The molecule has 1 aromatic carbocycles. The monoisotopic (exact) mass is 282 g/mol. The molecule has 5 heteroatoms. The highest BCUT2D eigenvalue weighted by Gasteiger charge is 2.21. The fraction of sp³-hybridized carbons (Fsp3) is 0.429. The number of nitrogens with one attached hydrogen (secondary N) is 2. The van der Waals surface area contributed by atoms with Gasteiger partial charge in [0.25, 0.3) is 0 Å². The summed E-state index contributed by atoms with van der Waals surface area (Å²) in [4.78, 5) is 23.4. The molecule has 0 aliphatic carbocycles. The summed E-state index contributed by atoms with van der Waals surface area (Å²) >= 11 is 5.87. The molecule has 0 aromatic heterocycles. The fourth-order valence-electron chi connectivity index (χ4n) is 1.35. The Kier molecular flexibility index (Phi) is 4.95. The molecule has 104 valence electrons. The summed E-state index contributed by atoms with van der Waals surface area (Å²) in [7, 11) is 0. The number of rotatable bonds is 3. The largest absolute Gasteiger partial charge is 0.347 e. The summed E-state index contributed by atoms with van der Waals surface area (Å²) in [6, 6.07) is 5.26. The van der Waals surface area contributed by atoms with Gasteiger partial charge in [-0.05, 0) is 24.6 Å². The lowest BCUT2D eigenvalue weighted by Gasteiger charge is -2.17. The molecule has 0 spiro atoms. The second-order valence-electron chi connectivity index (χ2n) is 5.44. The molecule has 19 heavy (non-hydrogen) atoms. The lowest BCUT2D eigenvalue weighted by molar-refractivity contribution is -0.130. The van der Waals surface area contributed by atoms with Gasteiger partial charge in [-0.25, -0.2) is 0 Å². The maximum Gasteiger partial charge on any atom is 0.243 e. The molecule has 0 saturated heterocycles. The maximum absolute atomic E-state index is 11.7. The van der Waals surface area contributed by atoms with E-state index < -0.39 is 5.41 Å². The zero-order valence-corrected chi connectivity index (χ0v) is 12.4. The van der Waals surface area contributed by atoms with Gasteiger partial charge in [-0.1, -0.05) is 38.4 Å². The van der Waals surface area contributed by atoms with Crippen LogP contribution < -0.4 is 10.6 Å². The Balaban J connectivity index is 2.57. The quantitative estimate of drug-likeness (QED) is 0.896. The summed E-state index contributed by atoms with van der Waals surface area (Å²) in [5.74, 6) is -0.437. The molecule has 0 aliphatic rings. The topological polar surface area (TPSA) is 58.2 Å². The van der Waals surface area contributed by atoms with Crippen LogP contribution in [0.5, 0.6) is 0 Å². The van der Waals surface area contributed by atoms with E-state index in [1.807, 2.05) is 13.0 Å². The summed E-state index contributed by atoms with van der Waals surface area (Å²) in [5, 5.41) is 5.87. The SMILES string of the molecule is Cc1ccc(Cl)cc1NC(=O)CNC(=O)C(C)(C)C. The molecule has 1 aromatic rings. The molecule has 0 aliphatic heterocycles. The average molecular weight is 283 g/mol. The first-order valence-corrected chi connectivity index (χ1v) is 6.42. The molecule has 0 unspecified atom stereocenters. The standard InChI is InChI=1S/C14H19ClN2O2/c1-9-5-6-10(15)7-11(9)17-12(18)8-16-13(19)14(2,3)4/h5-7H,8H2,1-4H3,(H,16,19)(H,17,18). The van der Waals surface area contributed by atoms with E-state index in [-0.39, 0.29) is 18.4 Å². The van der Waals surface area contributed by atoms with Crippen molar-refractivity contribution in [3.63, 3.8) is 0 Å². The smallest absolute Gasteiger partial charge is 0.243 e. The summed E-state index contributed by atoms with van der Waals surface area (Å²) in [6.45, 7) is 7.20. The van der Waals surface area contributed by atoms with Gasteiger partial charge in [0.05, 0.1) is 6.54 Å². The van der Waals surface area contributed by atoms with Crippen LogP contribution in [0.4, 0.5) is 5.69 Å². The Morgan fingerprint density at radius 3 is 2.47 bits per heavy atom. The normalized spacial score (nSPS) is 11.0.